The smallest absolute Gasteiger partial charge is 0.225 e. The summed E-state index contributed by atoms with van der Waals surface area (Å²) in [6.45, 7) is 8.29. The number of carbonyl (C=O) groups excluding carboxylic acids is 1. The first-order valence-corrected chi connectivity index (χ1v) is 6.62. The highest BCUT2D eigenvalue weighted by atomic mass is 35.5. The largest absolute Gasteiger partial charge is 0.342 e. The van der Waals surface area contributed by atoms with Gasteiger partial charge in [-0.1, -0.05) is 13.8 Å². The zero-order valence-electron chi connectivity index (χ0n) is 11.0. The third kappa shape index (κ3) is 3.35. The first-order valence-electron chi connectivity index (χ1n) is 6.62. The molecule has 0 unspecified atom stereocenters. The van der Waals surface area contributed by atoms with Crippen molar-refractivity contribution in [3.63, 3.8) is 0 Å². The fourth-order valence-electron chi connectivity index (χ4n) is 3.02. The predicted octanol–water partition coefficient (Wildman–Crippen LogP) is 2.06. The van der Waals surface area contributed by atoms with Crippen LogP contribution in [-0.2, 0) is 4.79 Å². The summed E-state index contributed by atoms with van der Waals surface area (Å²) in [5, 5.41) is 3.43. The maximum Gasteiger partial charge on any atom is 0.225 e. The van der Waals surface area contributed by atoms with Gasteiger partial charge in [0.2, 0.25) is 5.91 Å². The minimum Gasteiger partial charge on any atom is -0.342 e. The molecule has 1 spiro atoms. The predicted molar refractivity (Wildman–Crippen MR) is 72.4 cm³/mol. The molecule has 0 aromatic heterocycles. The van der Waals surface area contributed by atoms with Crippen LogP contribution in [0.15, 0.2) is 0 Å². The highest BCUT2D eigenvalue weighted by Gasteiger charge is 2.36. The quantitative estimate of drug-likeness (QED) is 0.783. The van der Waals surface area contributed by atoms with Crippen LogP contribution in [0.3, 0.4) is 0 Å². The number of hydrogen-bond acceptors (Lipinski definition) is 2. The van der Waals surface area contributed by atoms with Gasteiger partial charge in [0.1, 0.15) is 0 Å². The minimum absolute atomic E-state index is 0. The van der Waals surface area contributed by atoms with Crippen LogP contribution < -0.4 is 5.32 Å². The Morgan fingerprint density at radius 2 is 1.65 bits per heavy atom. The molecule has 0 atom stereocenters. The van der Waals surface area contributed by atoms with Crippen molar-refractivity contribution in [2.45, 2.75) is 39.5 Å². The van der Waals surface area contributed by atoms with Gasteiger partial charge >= 0.3 is 0 Å². The first-order chi connectivity index (χ1) is 7.63. The van der Waals surface area contributed by atoms with E-state index < -0.39 is 0 Å². The van der Waals surface area contributed by atoms with Crippen molar-refractivity contribution in [2.24, 2.45) is 11.3 Å². The zero-order chi connectivity index (χ0) is 11.6. The number of nitrogens with zero attached hydrogens (tertiary/aromatic N) is 1. The maximum atomic E-state index is 11.9. The molecule has 17 heavy (non-hydrogen) atoms. The van der Waals surface area contributed by atoms with E-state index in [9.17, 15) is 4.79 Å². The number of rotatable bonds is 1. The van der Waals surface area contributed by atoms with Crippen LogP contribution in [0.25, 0.3) is 0 Å². The molecule has 0 saturated carbocycles. The molecule has 1 amide bonds. The van der Waals surface area contributed by atoms with Crippen molar-refractivity contribution >= 4 is 18.3 Å². The van der Waals surface area contributed by atoms with Gasteiger partial charge in [0.05, 0.1) is 0 Å². The Morgan fingerprint density at radius 3 is 2.12 bits per heavy atom. The van der Waals surface area contributed by atoms with Crippen LogP contribution in [0.1, 0.15) is 39.5 Å². The lowest BCUT2D eigenvalue weighted by Gasteiger charge is -2.44. The van der Waals surface area contributed by atoms with Crippen molar-refractivity contribution < 1.29 is 4.79 Å². The Morgan fingerprint density at radius 1 is 1.12 bits per heavy atom. The summed E-state index contributed by atoms with van der Waals surface area (Å²) in [5.74, 6) is 0.492. The summed E-state index contributed by atoms with van der Waals surface area (Å²) in [4.78, 5) is 14.0. The standard InChI is InChI=1S/C13H24N2O.ClH/c1-11(2)12(16)15-9-5-13(6-10-15)3-7-14-8-4-13;/h11,14H,3-10H2,1-2H3;1H. The molecule has 0 bridgehead atoms. The number of amides is 1. The fraction of sp³-hybridized carbons (Fsp3) is 0.923. The average Bonchev–Trinajstić information content (AvgIpc) is 2.30. The summed E-state index contributed by atoms with van der Waals surface area (Å²) in [6, 6.07) is 0. The monoisotopic (exact) mass is 260 g/mol. The van der Waals surface area contributed by atoms with Crippen molar-refractivity contribution in [1.82, 2.24) is 10.2 Å². The van der Waals surface area contributed by atoms with Crippen LogP contribution in [0.2, 0.25) is 0 Å². The normalized spacial score (nSPS) is 23.6. The average molecular weight is 261 g/mol. The van der Waals surface area contributed by atoms with Crippen LogP contribution in [0.5, 0.6) is 0 Å². The Kier molecular flexibility index (Phi) is 5.26. The van der Waals surface area contributed by atoms with E-state index in [1.165, 1.54) is 25.7 Å². The van der Waals surface area contributed by atoms with Crippen LogP contribution in [-0.4, -0.2) is 37.0 Å². The van der Waals surface area contributed by atoms with E-state index >= 15 is 0 Å². The van der Waals surface area contributed by atoms with Gasteiger partial charge in [0.25, 0.3) is 0 Å². The highest BCUT2D eigenvalue weighted by molar-refractivity contribution is 5.85. The summed E-state index contributed by atoms with van der Waals surface area (Å²) in [7, 11) is 0. The molecule has 1 N–H and O–H groups in total. The molecule has 100 valence electrons. The fourth-order valence-corrected chi connectivity index (χ4v) is 3.02. The molecule has 2 aliphatic heterocycles. The van der Waals surface area contributed by atoms with Crippen molar-refractivity contribution in [1.29, 1.82) is 0 Å². The Balaban J connectivity index is 0.00000144. The summed E-state index contributed by atoms with van der Waals surface area (Å²) in [5.41, 5.74) is 0.555. The van der Waals surface area contributed by atoms with Crippen LogP contribution >= 0.6 is 12.4 Å². The number of likely N-dealkylation sites (tertiary alicyclic amines) is 1. The van der Waals surface area contributed by atoms with E-state index in [1.807, 2.05) is 13.8 Å². The number of piperidine rings is 2. The molecule has 0 aromatic carbocycles. The summed E-state index contributed by atoms with van der Waals surface area (Å²) < 4.78 is 0. The van der Waals surface area contributed by atoms with Crippen LogP contribution in [0.4, 0.5) is 0 Å². The van der Waals surface area contributed by atoms with Crippen molar-refractivity contribution in [3.8, 4) is 0 Å². The Labute approximate surface area is 111 Å². The molecule has 2 heterocycles. The molecule has 4 heteroatoms. The van der Waals surface area contributed by atoms with Gasteiger partial charge in [-0.15, -0.1) is 12.4 Å². The van der Waals surface area contributed by atoms with Gasteiger partial charge in [-0.25, -0.2) is 0 Å². The molecule has 2 fully saturated rings. The van der Waals surface area contributed by atoms with Gasteiger partial charge in [-0.2, -0.15) is 0 Å². The van der Waals surface area contributed by atoms with Crippen molar-refractivity contribution in [2.75, 3.05) is 26.2 Å². The maximum absolute atomic E-state index is 11.9. The third-order valence-electron chi connectivity index (χ3n) is 4.29. The van der Waals surface area contributed by atoms with Gasteiger partial charge in [-0.3, -0.25) is 4.79 Å². The van der Waals surface area contributed by atoms with E-state index in [-0.39, 0.29) is 18.3 Å². The molecule has 0 aliphatic carbocycles. The van der Waals surface area contributed by atoms with E-state index in [0.29, 0.717) is 11.3 Å². The second kappa shape index (κ2) is 6.05. The SMILES string of the molecule is CC(C)C(=O)N1CCC2(CCNCC2)CC1.Cl. The minimum atomic E-state index is 0. The highest BCUT2D eigenvalue weighted by Crippen LogP contribution is 2.39. The number of hydrogen-bond donors (Lipinski definition) is 1. The Hall–Kier alpha value is -0.280. The second-order valence-electron chi connectivity index (χ2n) is 5.73. The molecule has 0 radical (unpaired) electrons. The van der Waals surface area contributed by atoms with E-state index in [2.05, 4.69) is 10.2 Å². The molecular formula is C13H25ClN2O. The lowest BCUT2D eigenvalue weighted by atomic mass is 9.71. The molecule has 0 aromatic rings. The van der Waals surface area contributed by atoms with Crippen LogP contribution in [0, 0.1) is 11.3 Å². The van der Waals surface area contributed by atoms with Gasteiger partial charge < -0.3 is 10.2 Å². The molecular weight excluding hydrogens is 236 g/mol. The first kappa shape index (κ1) is 14.8. The zero-order valence-corrected chi connectivity index (χ0v) is 11.8. The number of nitrogens with one attached hydrogen (secondary N) is 1. The topological polar surface area (TPSA) is 32.3 Å². The van der Waals surface area contributed by atoms with E-state index in [4.69, 9.17) is 0 Å². The Bertz CT molecular complexity index is 252. The van der Waals surface area contributed by atoms with Gasteiger partial charge in [0, 0.05) is 19.0 Å². The number of carbonyl (C=O) groups is 1. The molecule has 2 aliphatic rings. The molecule has 2 rings (SSSR count). The third-order valence-corrected chi connectivity index (χ3v) is 4.29. The second-order valence-corrected chi connectivity index (χ2v) is 5.73. The molecule has 2 saturated heterocycles. The summed E-state index contributed by atoms with van der Waals surface area (Å²) in [6.07, 6.45) is 5.04. The lowest BCUT2D eigenvalue weighted by Crippen LogP contribution is -2.48. The van der Waals surface area contributed by atoms with E-state index in [0.717, 1.165) is 26.2 Å². The van der Waals surface area contributed by atoms with Gasteiger partial charge in [0.15, 0.2) is 0 Å². The summed E-state index contributed by atoms with van der Waals surface area (Å²) >= 11 is 0. The molecule has 3 nitrogen and oxygen atoms in total. The van der Waals surface area contributed by atoms with E-state index in [1.54, 1.807) is 0 Å². The van der Waals surface area contributed by atoms with Crippen molar-refractivity contribution in [3.05, 3.63) is 0 Å². The number of halogens is 1. The lowest BCUT2D eigenvalue weighted by molar-refractivity contribution is -0.137. The van der Waals surface area contributed by atoms with Gasteiger partial charge in [-0.05, 0) is 44.2 Å².